The second-order valence-electron chi connectivity index (χ2n) is 6.39. The third-order valence-electron chi connectivity index (χ3n) is 4.21. The number of nitrogens with zero attached hydrogens (tertiary/aromatic N) is 1. The molecule has 1 N–H and O–H groups in total. The van der Waals surface area contributed by atoms with Crippen molar-refractivity contribution in [3.63, 3.8) is 0 Å². The molecule has 0 radical (unpaired) electrons. The van der Waals surface area contributed by atoms with Crippen LogP contribution in [0.3, 0.4) is 0 Å². The van der Waals surface area contributed by atoms with Gasteiger partial charge >= 0.3 is 5.97 Å². The largest absolute Gasteiger partial charge is 0.495 e. The van der Waals surface area contributed by atoms with E-state index in [2.05, 4.69) is 10.3 Å². The molecule has 2 aromatic carbocycles. The van der Waals surface area contributed by atoms with E-state index in [0.717, 1.165) is 5.56 Å². The second kappa shape index (κ2) is 9.61. The van der Waals surface area contributed by atoms with E-state index in [-0.39, 0.29) is 15.7 Å². The maximum Gasteiger partial charge on any atom is 0.340 e. The van der Waals surface area contributed by atoms with Crippen LogP contribution in [0.15, 0.2) is 60.8 Å². The Bertz CT molecular complexity index is 1070. The third-order valence-corrected chi connectivity index (χ3v) is 4.90. The molecule has 3 rings (SSSR count). The van der Waals surface area contributed by atoms with E-state index >= 15 is 0 Å². The lowest BCUT2D eigenvalue weighted by Crippen LogP contribution is -2.26. The summed E-state index contributed by atoms with van der Waals surface area (Å²) in [6.45, 7) is 1.89. The SMILES string of the molecule is COc1ccc(C)cc1NC(=O)C(OC(=O)c1cnc(Cl)c(Cl)c1)c1ccccc1. The first kappa shape index (κ1) is 21.6. The highest BCUT2D eigenvalue weighted by Gasteiger charge is 2.27. The molecule has 1 unspecified atom stereocenters. The maximum absolute atomic E-state index is 13.1. The van der Waals surface area contributed by atoms with Crippen molar-refractivity contribution in [1.29, 1.82) is 0 Å². The Morgan fingerprint density at radius 3 is 2.47 bits per heavy atom. The van der Waals surface area contributed by atoms with E-state index in [1.807, 2.05) is 13.0 Å². The van der Waals surface area contributed by atoms with Gasteiger partial charge in [-0.1, -0.05) is 59.6 Å². The number of esters is 1. The van der Waals surface area contributed by atoms with Crippen LogP contribution >= 0.6 is 23.2 Å². The predicted octanol–water partition coefficient (Wildman–Crippen LogP) is 5.24. The van der Waals surface area contributed by atoms with Crippen molar-refractivity contribution in [3.05, 3.63) is 87.7 Å². The lowest BCUT2D eigenvalue weighted by atomic mass is 10.1. The van der Waals surface area contributed by atoms with Crippen LogP contribution in [0.4, 0.5) is 5.69 Å². The van der Waals surface area contributed by atoms with Crippen LogP contribution in [-0.2, 0) is 9.53 Å². The van der Waals surface area contributed by atoms with Gasteiger partial charge in [-0.05, 0) is 30.7 Å². The number of hydrogen-bond donors (Lipinski definition) is 1. The standard InChI is InChI=1S/C22H18Cl2N2O4/c1-13-8-9-18(29-2)17(10-13)26-21(27)19(14-6-4-3-5-7-14)30-22(28)15-11-16(23)20(24)25-12-15/h3-12,19H,1-2H3,(H,26,27). The monoisotopic (exact) mass is 444 g/mol. The van der Waals surface area contributed by atoms with Gasteiger partial charge in [0.2, 0.25) is 6.10 Å². The van der Waals surface area contributed by atoms with Crippen LogP contribution in [0, 0.1) is 6.92 Å². The molecule has 8 heteroatoms. The van der Waals surface area contributed by atoms with Gasteiger partial charge in [0.25, 0.3) is 5.91 Å². The summed E-state index contributed by atoms with van der Waals surface area (Å²) in [6.07, 6.45) is 0.0264. The van der Waals surface area contributed by atoms with Crippen LogP contribution in [0.2, 0.25) is 10.2 Å². The van der Waals surface area contributed by atoms with E-state index in [1.54, 1.807) is 42.5 Å². The van der Waals surface area contributed by atoms with Gasteiger partial charge in [-0.2, -0.15) is 0 Å². The highest BCUT2D eigenvalue weighted by Crippen LogP contribution is 2.28. The molecule has 3 aromatic rings. The number of pyridine rings is 1. The molecule has 6 nitrogen and oxygen atoms in total. The van der Waals surface area contributed by atoms with Gasteiger partial charge in [0.1, 0.15) is 10.9 Å². The van der Waals surface area contributed by atoms with Gasteiger partial charge in [0, 0.05) is 11.8 Å². The lowest BCUT2D eigenvalue weighted by Gasteiger charge is -2.19. The molecule has 1 aromatic heterocycles. The summed E-state index contributed by atoms with van der Waals surface area (Å²) in [7, 11) is 1.51. The van der Waals surface area contributed by atoms with Crippen molar-refractivity contribution in [2.24, 2.45) is 0 Å². The Hall–Kier alpha value is -3.09. The second-order valence-corrected chi connectivity index (χ2v) is 7.15. The molecule has 30 heavy (non-hydrogen) atoms. The molecule has 0 aliphatic carbocycles. The lowest BCUT2D eigenvalue weighted by molar-refractivity contribution is -0.125. The number of aryl methyl sites for hydroxylation is 1. The molecule has 1 heterocycles. The minimum Gasteiger partial charge on any atom is -0.495 e. The third kappa shape index (κ3) is 5.09. The number of carbonyl (C=O) groups excluding carboxylic acids is 2. The van der Waals surface area contributed by atoms with Gasteiger partial charge in [-0.25, -0.2) is 9.78 Å². The summed E-state index contributed by atoms with van der Waals surface area (Å²) in [5, 5.41) is 2.95. The van der Waals surface area contributed by atoms with Gasteiger partial charge in [0.05, 0.1) is 23.4 Å². The summed E-state index contributed by atoms with van der Waals surface area (Å²) in [5.74, 6) is -0.812. The number of hydrogen-bond acceptors (Lipinski definition) is 5. The highest BCUT2D eigenvalue weighted by atomic mass is 35.5. The van der Waals surface area contributed by atoms with Gasteiger partial charge in [-0.3, -0.25) is 4.79 Å². The average Bonchev–Trinajstić information content (AvgIpc) is 2.74. The van der Waals surface area contributed by atoms with Gasteiger partial charge < -0.3 is 14.8 Å². The molecule has 1 amide bonds. The number of anilines is 1. The Morgan fingerprint density at radius 2 is 1.80 bits per heavy atom. The van der Waals surface area contributed by atoms with Gasteiger partial charge in [0.15, 0.2) is 0 Å². The molecule has 1 atom stereocenters. The number of methoxy groups -OCH3 is 1. The van der Waals surface area contributed by atoms with Crippen molar-refractivity contribution in [2.45, 2.75) is 13.0 Å². The number of amides is 1. The highest BCUT2D eigenvalue weighted by molar-refractivity contribution is 6.41. The number of carbonyl (C=O) groups is 2. The zero-order chi connectivity index (χ0) is 21.7. The van der Waals surface area contributed by atoms with Crippen molar-refractivity contribution >= 4 is 40.8 Å². The topological polar surface area (TPSA) is 77.5 Å². The summed E-state index contributed by atoms with van der Waals surface area (Å²) in [5.41, 5.74) is 1.98. The first-order valence-electron chi connectivity index (χ1n) is 8.91. The fourth-order valence-corrected chi connectivity index (χ4v) is 3.00. The van der Waals surface area contributed by atoms with Crippen LogP contribution in [0.1, 0.15) is 27.6 Å². The van der Waals surface area contributed by atoms with Crippen LogP contribution < -0.4 is 10.1 Å². The summed E-state index contributed by atoms with van der Waals surface area (Å²) >= 11 is 11.7. The fraction of sp³-hybridized carbons (Fsp3) is 0.136. The van der Waals surface area contributed by atoms with Crippen molar-refractivity contribution < 1.29 is 19.1 Å². The molecule has 0 fully saturated rings. The normalized spacial score (nSPS) is 11.5. The first-order valence-corrected chi connectivity index (χ1v) is 9.67. The van der Waals surface area contributed by atoms with E-state index in [1.165, 1.54) is 19.4 Å². The zero-order valence-electron chi connectivity index (χ0n) is 16.2. The minimum atomic E-state index is -1.21. The Labute approximate surface area is 183 Å². The molecular weight excluding hydrogens is 427 g/mol. The van der Waals surface area contributed by atoms with E-state index in [0.29, 0.717) is 17.0 Å². The van der Waals surface area contributed by atoms with E-state index in [4.69, 9.17) is 32.7 Å². The molecule has 0 bridgehead atoms. The average molecular weight is 445 g/mol. The Balaban J connectivity index is 1.89. The van der Waals surface area contributed by atoms with Gasteiger partial charge in [-0.15, -0.1) is 0 Å². The van der Waals surface area contributed by atoms with Crippen molar-refractivity contribution in [2.75, 3.05) is 12.4 Å². The number of benzene rings is 2. The summed E-state index contributed by atoms with van der Waals surface area (Å²) in [4.78, 5) is 29.6. The molecular formula is C22H18Cl2N2O4. The predicted molar refractivity (Wildman–Crippen MR) is 115 cm³/mol. The maximum atomic E-state index is 13.1. The molecule has 0 saturated heterocycles. The van der Waals surface area contributed by atoms with Crippen LogP contribution in [-0.4, -0.2) is 24.0 Å². The summed E-state index contributed by atoms with van der Waals surface area (Å²) < 4.78 is 10.8. The first-order chi connectivity index (χ1) is 14.4. The molecule has 0 saturated carbocycles. The number of aromatic nitrogens is 1. The number of rotatable bonds is 6. The minimum absolute atomic E-state index is 0.0668. The van der Waals surface area contributed by atoms with Crippen molar-refractivity contribution in [1.82, 2.24) is 4.98 Å². The van der Waals surface area contributed by atoms with E-state index in [9.17, 15) is 9.59 Å². The number of ether oxygens (including phenoxy) is 2. The molecule has 0 aliphatic rings. The van der Waals surface area contributed by atoms with Crippen LogP contribution in [0.25, 0.3) is 0 Å². The molecule has 0 spiro atoms. The zero-order valence-corrected chi connectivity index (χ0v) is 17.7. The Morgan fingerprint density at radius 1 is 1.07 bits per heavy atom. The van der Waals surface area contributed by atoms with Crippen molar-refractivity contribution in [3.8, 4) is 5.75 Å². The Kier molecular flexibility index (Phi) is 6.92. The molecule has 154 valence electrons. The quantitative estimate of drug-likeness (QED) is 0.415. The smallest absolute Gasteiger partial charge is 0.340 e. The number of halogens is 2. The number of nitrogens with one attached hydrogen (secondary N) is 1. The summed E-state index contributed by atoms with van der Waals surface area (Å²) in [6, 6.07) is 15.4. The fourth-order valence-electron chi connectivity index (χ4n) is 2.73. The molecule has 0 aliphatic heterocycles. The van der Waals surface area contributed by atoms with Crippen LogP contribution in [0.5, 0.6) is 5.75 Å². The van der Waals surface area contributed by atoms with E-state index < -0.39 is 18.0 Å².